The van der Waals surface area contributed by atoms with Gasteiger partial charge in [-0.15, -0.1) is 0 Å². The molecule has 1 N–H and O–H groups in total. The van der Waals surface area contributed by atoms with E-state index in [2.05, 4.69) is 16.9 Å². The van der Waals surface area contributed by atoms with Crippen LogP contribution in [-0.4, -0.2) is 49.4 Å². The summed E-state index contributed by atoms with van der Waals surface area (Å²) in [6.07, 6.45) is 8.73. The average Bonchev–Trinajstić information content (AvgIpc) is 3.52. The van der Waals surface area contributed by atoms with Crippen LogP contribution in [0.5, 0.6) is 0 Å². The summed E-state index contributed by atoms with van der Waals surface area (Å²) < 4.78 is 1.61. The van der Waals surface area contributed by atoms with Gasteiger partial charge in [0, 0.05) is 44.1 Å². The molecule has 5 rings (SSSR count). The van der Waals surface area contributed by atoms with Crippen molar-refractivity contribution in [1.29, 1.82) is 0 Å². The maximum atomic E-state index is 13.3. The van der Waals surface area contributed by atoms with Crippen LogP contribution < -0.4 is 5.56 Å². The zero-order chi connectivity index (χ0) is 20.8. The molecule has 0 radical (unpaired) electrons. The van der Waals surface area contributed by atoms with E-state index in [1.54, 1.807) is 4.52 Å². The van der Waals surface area contributed by atoms with Crippen molar-refractivity contribution in [2.75, 3.05) is 13.1 Å². The molecule has 0 spiro atoms. The Bertz CT molecular complexity index is 1000. The molecule has 4 heterocycles. The third-order valence-electron chi connectivity index (χ3n) is 7.58. The van der Waals surface area contributed by atoms with Crippen molar-refractivity contribution in [3.05, 3.63) is 33.4 Å². The highest BCUT2D eigenvalue weighted by Gasteiger charge is 2.34. The van der Waals surface area contributed by atoms with Gasteiger partial charge in [0.2, 0.25) is 5.91 Å². The van der Waals surface area contributed by atoms with Crippen molar-refractivity contribution >= 4 is 11.6 Å². The minimum Gasteiger partial charge on any atom is -0.334 e. The molecule has 1 saturated carbocycles. The fourth-order valence-corrected chi connectivity index (χ4v) is 5.58. The quantitative estimate of drug-likeness (QED) is 0.839. The lowest BCUT2D eigenvalue weighted by Crippen LogP contribution is -2.41. The number of nitrogens with one attached hydrogen (secondary N) is 1. The van der Waals surface area contributed by atoms with Crippen LogP contribution in [0.2, 0.25) is 0 Å². The predicted molar refractivity (Wildman–Crippen MR) is 115 cm³/mol. The second-order valence-corrected chi connectivity index (χ2v) is 9.41. The maximum absolute atomic E-state index is 13.3. The number of nitrogens with zero attached hydrogens (tertiary/aromatic N) is 4. The van der Waals surface area contributed by atoms with Crippen molar-refractivity contribution in [2.24, 2.45) is 5.92 Å². The number of aromatic amines is 1. The van der Waals surface area contributed by atoms with E-state index in [1.165, 1.54) is 25.7 Å². The van der Waals surface area contributed by atoms with Crippen LogP contribution >= 0.6 is 0 Å². The maximum Gasteiger partial charge on any atom is 0.277 e. The van der Waals surface area contributed by atoms with E-state index in [1.807, 2.05) is 17.9 Å². The molecule has 7 heteroatoms. The fraction of sp³-hybridized carbons (Fsp3) is 0.696. The second-order valence-electron chi connectivity index (χ2n) is 9.41. The summed E-state index contributed by atoms with van der Waals surface area (Å²) in [5.41, 5.74) is 3.45. The third kappa shape index (κ3) is 3.27. The van der Waals surface area contributed by atoms with Crippen LogP contribution in [0.1, 0.15) is 81.8 Å². The molecule has 7 nitrogen and oxygen atoms in total. The van der Waals surface area contributed by atoms with Gasteiger partial charge in [0.15, 0.2) is 5.65 Å². The van der Waals surface area contributed by atoms with Crippen molar-refractivity contribution in [3.63, 3.8) is 0 Å². The monoisotopic (exact) mass is 411 g/mol. The summed E-state index contributed by atoms with van der Waals surface area (Å²) >= 11 is 0. The zero-order valence-corrected chi connectivity index (χ0v) is 18.2. The minimum absolute atomic E-state index is 0.0135. The highest BCUT2D eigenvalue weighted by atomic mass is 16.2. The first-order valence-corrected chi connectivity index (χ1v) is 11.7. The number of H-pyrrole nitrogens is 1. The summed E-state index contributed by atoms with van der Waals surface area (Å²) in [7, 11) is 0. The number of amides is 1. The molecule has 0 unspecified atom stereocenters. The topological polar surface area (TPSA) is 73.7 Å². The lowest BCUT2D eigenvalue weighted by molar-refractivity contribution is -0.136. The van der Waals surface area contributed by atoms with E-state index >= 15 is 0 Å². The van der Waals surface area contributed by atoms with Crippen LogP contribution in [-0.2, 0) is 17.8 Å². The Balaban J connectivity index is 1.46. The summed E-state index contributed by atoms with van der Waals surface area (Å²) in [6.45, 7) is 6.56. The van der Waals surface area contributed by atoms with E-state index in [9.17, 15) is 9.59 Å². The highest BCUT2D eigenvalue weighted by molar-refractivity contribution is 5.79. The van der Waals surface area contributed by atoms with Gasteiger partial charge in [-0.05, 0) is 32.1 Å². The largest absolute Gasteiger partial charge is 0.334 e. The number of hydrogen-bond donors (Lipinski definition) is 1. The molecule has 162 valence electrons. The number of carbonyl (C=O) groups excluding carboxylic acids is 1. The number of hydrogen-bond acceptors (Lipinski definition) is 4. The lowest BCUT2D eigenvalue weighted by Gasteiger charge is -2.32. The molecule has 3 aliphatic rings. The van der Waals surface area contributed by atoms with Crippen molar-refractivity contribution in [3.8, 4) is 0 Å². The Labute approximate surface area is 177 Å². The molecule has 0 bridgehead atoms. The Morgan fingerprint density at radius 1 is 1.23 bits per heavy atom. The molecule has 1 saturated heterocycles. The van der Waals surface area contributed by atoms with E-state index in [-0.39, 0.29) is 23.4 Å². The molecular weight excluding hydrogens is 378 g/mol. The minimum atomic E-state index is 0.0135. The Kier molecular flexibility index (Phi) is 5.17. The van der Waals surface area contributed by atoms with Gasteiger partial charge in [-0.1, -0.05) is 26.7 Å². The fourth-order valence-electron chi connectivity index (χ4n) is 5.58. The standard InChI is InChI=1S/C23H33N5O2/c1-3-15(2)22(29)27-11-6-9-20(27)19-13-21-24-18-10-12-26(16-7-4-5-8-16)14-17(18)23(30)28(21)25-19/h13,15-16,20,25H,3-12,14H2,1-2H3/t15-,20-/m0/s1. The molecule has 2 aliphatic heterocycles. The van der Waals surface area contributed by atoms with Gasteiger partial charge in [-0.3, -0.25) is 19.6 Å². The second kappa shape index (κ2) is 7.84. The molecular formula is C23H33N5O2. The number of rotatable bonds is 4. The average molecular weight is 412 g/mol. The molecule has 2 aromatic heterocycles. The SMILES string of the molecule is CC[C@H](C)C(=O)N1CCC[C@H]1c1cc2nc3c(c(=O)n2[nH]1)CN(C1CCCC1)CC3. The number of fused-ring (bicyclic) bond motifs is 2. The van der Waals surface area contributed by atoms with Crippen molar-refractivity contribution < 1.29 is 4.79 Å². The van der Waals surface area contributed by atoms with Crippen LogP contribution in [0, 0.1) is 5.92 Å². The van der Waals surface area contributed by atoms with E-state index in [0.717, 1.165) is 55.7 Å². The van der Waals surface area contributed by atoms with Gasteiger partial charge < -0.3 is 4.90 Å². The van der Waals surface area contributed by atoms with Gasteiger partial charge in [0.05, 0.1) is 23.0 Å². The predicted octanol–water partition coefficient (Wildman–Crippen LogP) is 3.03. The molecule has 30 heavy (non-hydrogen) atoms. The molecule has 0 aromatic carbocycles. The third-order valence-corrected chi connectivity index (χ3v) is 7.58. The van der Waals surface area contributed by atoms with Crippen LogP contribution in [0.15, 0.2) is 10.9 Å². The van der Waals surface area contributed by atoms with Crippen LogP contribution in [0.3, 0.4) is 0 Å². The Morgan fingerprint density at radius 3 is 2.80 bits per heavy atom. The highest BCUT2D eigenvalue weighted by Crippen LogP contribution is 2.33. The number of aromatic nitrogens is 3. The van der Waals surface area contributed by atoms with Crippen molar-refractivity contribution in [1.82, 2.24) is 24.4 Å². The lowest BCUT2D eigenvalue weighted by atomic mass is 10.0. The number of likely N-dealkylation sites (tertiary alicyclic amines) is 1. The Hall–Kier alpha value is -2.15. The molecule has 2 atom stereocenters. The smallest absolute Gasteiger partial charge is 0.277 e. The Morgan fingerprint density at radius 2 is 2.03 bits per heavy atom. The van der Waals surface area contributed by atoms with Crippen LogP contribution in [0.4, 0.5) is 0 Å². The summed E-state index contributed by atoms with van der Waals surface area (Å²) in [4.78, 5) is 35.5. The van der Waals surface area contributed by atoms with E-state index in [4.69, 9.17) is 4.98 Å². The van der Waals surface area contributed by atoms with Gasteiger partial charge >= 0.3 is 0 Å². The molecule has 2 fully saturated rings. The number of carbonyl (C=O) groups is 1. The first-order chi connectivity index (χ1) is 14.6. The van der Waals surface area contributed by atoms with Gasteiger partial charge in [0.25, 0.3) is 5.56 Å². The first-order valence-electron chi connectivity index (χ1n) is 11.7. The first kappa shape index (κ1) is 19.8. The van der Waals surface area contributed by atoms with E-state index in [0.29, 0.717) is 18.2 Å². The van der Waals surface area contributed by atoms with Crippen molar-refractivity contribution in [2.45, 2.75) is 83.8 Å². The van der Waals surface area contributed by atoms with Gasteiger partial charge in [-0.2, -0.15) is 0 Å². The van der Waals surface area contributed by atoms with Gasteiger partial charge in [0.1, 0.15) is 0 Å². The normalized spacial score (nSPS) is 23.9. The van der Waals surface area contributed by atoms with Gasteiger partial charge in [-0.25, -0.2) is 9.50 Å². The molecule has 2 aromatic rings. The van der Waals surface area contributed by atoms with Crippen LogP contribution in [0.25, 0.3) is 5.65 Å². The molecule has 1 amide bonds. The zero-order valence-electron chi connectivity index (χ0n) is 18.2. The summed E-state index contributed by atoms with van der Waals surface area (Å²) in [5, 5.41) is 3.31. The summed E-state index contributed by atoms with van der Waals surface area (Å²) in [5.74, 6) is 0.246. The summed E-state index contributed by atoms with van der Waals surface area (Å²) in [6, 6.07) is 2.62. The molecule has 1 aliphatic carbocycles. The van der Waals surface area contributed by atoms with E-state index < -0.39 is 0 Å².